The maximum Gasteiger partial charge on any atom is 0.258 e. The number of rotatable bonds is 7. The maximum atomic E-state index is 12.2. The Kier molecular flexibility index (Phi) is 6.74. The van der Waals surface area contributed by atoms with Gasteiger partial charge in [0.05, 0.1) is 17.0 Å². The summed E-state index contributed by atoms with van der Waals surface area (Å²) in [5, 5.41) is 13.1. The smallest absolute Gasteiger partial charge is 0.258 e. The number of likely N-dealkylation sites (tertiary alicyclic amines) is 1. The second kappa shape index (κ2) is 9.85. The van der Waals surface area contributed by atoms with E-state index >= 15 is 0 Å². The Morgan fingerprint density at radius 1 is 1.10 bits per heavy atom. The summed E-state index contributed by atoms with van der Waals surface area (Å²) in [7, 11) is 0. The van der Waals surface area contributed by atoms with Crippen molar-refractivity contribution in [3.8, 4) is 0 Å². The first-order valence-electron chi connectivity index (χ1n) is 10.8. The Labute approximate surface area is 181 Å². The highest BCUT2D eigenvalue weighted by molar-refractivity contribution is 5.78. The molecule has 2 aromatic carbocycles. The van der Waals surface area contributed by atoms with Crippen LogP contribution in [0.1, 0.15) is 36.2 Å². The van der Waals surface area contributed by atoms with E-state index in [-0.39, 0.29) is 24.0 Å². The quantitative estimate of drug-likeness (QED) is 0.544. The van der Waals surface area contributed by atoms with Gasteiger partial charge in [0.1, 0.15) is 5.82 Å². The van der Waals surface area contributed by atoms with E-state index in [0.29, 0.717) is 29.7 Å². The molecular weight excluding hydrogens is 392 g/mol. The SMILES string of the molecule is O=C(CCc1nc2ccccc2c(=O)[nH]1)NCc1ccc(CN2CCC(O)CC2)cc1. The Bertz CT molecular complexity index is 1090. The molecule has 0 atom stereocenters. The van der Waals surface area contributed by atoms with Gasteiger partial charge in [0.25, 0.3) is 5.56 Å². The lowest BCUT2D eigenvalue weighted by Crippen LogP contribution is -2.35. The van der Waals surface area contributed by atoms with Crippen LogP contribution < -0.4 is 10.9 Å². The molecule has 7 heteroatoms. The Morgan fingerprint density at radius 2 is 1.81 bits per heavy atom. The summed E-state index contributed by atoms with van der Waals surface area (Å²) in [6.07, 6.45) is 2.18. The van der Waals surface area contributed by atoms with Gasteiger partial charge in [-0.25, -0.2) is 4.98 Å². The highest BCUT2D eigenvalue weighted by Crippen LogP contribution is 2.14. The van der Waals surface area contributed by atoms with E-state index < -0.39 is 0 Å². The monoisotopic (exact) mass is 420 g/mol. The first-order chi connectivity index (χ1) is 15.1. The van der Waals surface area contributed by atoms with Gasteiger partial charge in [0.2, 0.25) is 5.91 Å². The fraction of sp³-hybridized carbons (Fsp3) is 0.375. The number of carbonyl (C=O) groups excluding carboxylic acids is 1. The zero-order chi connectivity index (χ0) is 21.6. The summed E-state index contributed by atoms with van der Waals surface area (Å²) in [5.41, 5.74) is 2.74. The molecule has 1 aliphatic heterocycles. The van der Waals surface area contributed by atoms with Crippen molar-refractivity contribution in [2.45, 2.75) is 44.9 Å². The maximum absolute atomic E-state index is 12.2. The number of aryl methyl sites for hydroxylation is 1. The van der Waals surface area contributed by atoms with Crippen LogP contribution in [-0.2, 0) is 24.3 Å². The number of nitrogens with zero attached hydrogens (tertiary/aromatic N) is 2. The summed E-state index contributed by atoms with van der Waals surface area (Å²) in [6, 6.07) is 15.4. The second-order valence-electron chi connectivity index (χ2n) is 8.13. The van der Waals surface area contributed by atoms with Crippen LogP contribution in [0, 0.1) is 0 Å². The lowest BCUT2D eigenvalue weighted by Gasteiger charge is -2.29. The van der Waals surface area contributed by atoms with Crippen molar-refractivity contribution in [3.63, 3.8) is 0 Å². The van der Waals surface area contributed by atoms with Crippen molar-refractivity contribution >= 4 is 16.8 Å². The minimum atomic E-state index is -0.179. The number of H-pyrrole nitrogens is 1. The third-order valence-corrected chi connectivity index (χ3v) is 5.73. The molecule has 162 valence electrons. The highest BCUT2D eigenvalue weighted by atomic mass is 16.3. The number of aliphatic hydroxyl groups excluding tert-OH is 1. The molecule has 3 N–H and O–H groups in total. The molecule has 0 bridgehead atoms. The topological polar surface area (TPSA) is 98.3 Å². The van der Waals surface area contributed by atoms with Crippen LogP contribution in [0.25, 0.3) is 10.9 Å². The molecule has 1 aliphatic rings. The van der Waals surface area contributed by atoms with E-state index in [9.17, 15) is 14.7 Å². The second-order valence-corrected chi connectivity index (χ2v) is 8.13. The Balaban J connectivity index is 1.24. The number of nitrogens with one attached hydrogen (secondary N) is 2. The van der Waals surface area contributed by atoms with Crippen LogP contribution in [-0.4, -0.2) is 45.1 Å². The van der Waals surface area contributed by atoms with E-state index in [1.54, 1.807) is 18.2 Å². The first-order valence-corrected chi connectivity index (χ1v) is 10.8. The number of aromatic nitrogens is 2. The standard InChI is InChI=1S/C24H28N4O3/c29-19-11-13-28(14-12-19)16-18-7-5-17(6-8-18)15-25-23(30)10-9-22-26-21-4-2-1-3-20(21)24(31)27-22/h1-8,19,29H,9-16H2,(H,25,30)(H,26,27,31). The number of fused-ring (bicyclic) bond motifs is 1. The number of amides is 1. The van der Waals surface area contributed by atoms with Gasteiger partial charge in [0.15, 0.2) is 0 Å². The molecule has 3 aromatic rings. The molecule has 31 heavy (non-hydrogen) atoms. The van der Waals surface area contributed by atoms with Crippen molar-refractivity contribution in [2.75, 3.05) is 13.1 Å². The number of piperidine rings is 1. The minimum absolute atomic E-state index is 0.0771. The molecule has 2 heterocycles. The van der Waals surface area contributed by atoms with Crippen molar-refractivity contribution in [1.29, 1.82) is 0 Å². The van der Waals surface area contributed by atoms with Gasteiger partial charge in [-0.3, -0.25) is 14.5 Å². The number of aromatic amines is 1. The summed E-state index contributed by atoms with van der Waals surface area (Å²) in [5.74, 6) is 0.445. The molecule has 0 aliphatic carbocycles. The fourth-order valence-electron chi connectivity index (χ4n) is 3.87. The van der Waals surface area contributed by atoms with E-state index in [4.69, 9.17) is 0 Å². The molecule has 0 saturated carbocycles. The van der Waals surface area contributed by atoms with E-state index in [1.807, 2.05) is 18.2 Å². The van der Waals surface area contributed by atoms with Gasteiger partial charge < -0.3 is 15.4 Å². The van der Waals surface area contributed by atoms with Crippen LogP contribution >= 0.6 is 0 Å². The van der Waals surface area contributed by atoms with Crippen LogP contribution in [0.3, 0.4) is 0 Å². The third kappa shape index (κ3) is 5.77. The minimum Gasteiger partial charge on any atom is -0.393 e. The number of hydrogen-bond acceptors (Lipinski definition) is 5. The normalized spacial score (nSPS) is 15.3. The molecule has 1 amide bonds. The molecule has 1 saturated heterocycles. The highest BCUT2D eigenvalue weighted by Gasteiger charge is 2.16. The predicted octanol–water partition coefficient (Wildman–Crippen LogP) is 2.13. The molecule has 4 rings (SSSR count). The van der Waals surface area contributed by atoms with Crippen molar-refractivity contribution in [2.24, 2.45) is 0 Å². The lowest BCUT2D eigenvalue weighted by molar-refractivity contribution is -0.121. The van der Waals surface area contributed by atoms with Crippen LogP contribution in [0.2, 0.25) is 0 Å². The molecule has 1 aromatic heterocycles. The molecule has 7 nitrogen and oxygen atoms in total. The zero-order valence-corrected chi connectivity index (χ0v) is 17.5. The van der Waals surface area contributed by atoms with Crippen molar-refractivity contribution in [1.82, 2.24) is 20.2 Å². The number of aliphatic hydroxyl groups is 1. The van der Waals surface area contributed by atoms with Crippen molar-refractivity contribution < 1.29 is 9.90 Å². The molecule has 0 radical (unpaired) electrons. The van der Waals surface area contributed by atoms with Gasteiger partial charge in [-0.15, -0.1) is 0 Å². The number of para-hydroxylation sites is 1. The fourth-order valence-corrected chi connectivity index (χ4v) is 3.87. The van der Waals surface area contributed by atoms with Gasteiger partial charge >= 0.3 is 0 Å². The van der Waals surface area contributed by atoms with Crippen molar-refractivity contribution in [3.05, 3.63) is 75.8 Å². The van der Waals surface area contributed by atoms with Crippen LogP contribution in [0.5, 0.6) is 0 Å². The van der Waals surface area contributed by atoms with E-state index in [2.05, 4.69) is 32.3 Å². The number of hydrogen-bond donors (Lipinski definition) is 3. The predicted molar refractivity (Wildman–Crippen MR) is 119 cm³/mol. The Morgan fingerprint density at radius 3 is 2.58 bits per heavy atom. The average Bonchev–Trinajstić information content (AvgIpc) is 2.79. The first kappa shape index (κ1) is 21.2. The van der Waals surface area contributed by atoms with E-state index in [0.717, 1.165) is 38.0 Å². The molecular formula is C24H28N4O3. The summed E-state index contributed by atoms with van der Waals surface area (Å²) in [4.78, 5) is 33.9. The average molecular weight is 421 g/mol. The summed E-state index contributed by atoms with van der Waals surface area (Å²) in [6.45, 7) is 3.21. The lowest BCUT2D eigenvalue weighted by atomic mass is 10.1. The number of carbonyl (C=O) groups is 1. The van der Waals surface area contributed by atoms with E-state index in [1.165, 1.54) is 5.56 Å². The molecule has 0 spiro atoms. The third-order valence-electron chi connectivity index (χ3n) is 5.73. The Hall–Kier alpha value is -3.03. The van der Waals surface area contributed by atoms with Gasteiger partial charge in [-0.1, -0.05) is 36.4 Å². The molecule has 1 fully saturated rings. The summed E-state index contributed by atoms with van der Waals surface area (Å²) < 4.78 is 0. The molecule has 0 unspecified atom stereocenters. The zero-order valence-electron chi connectivity index (χ0n) is 17.5. The van der Waals surface area contributed by atoms with Gasteiger partial charge in [0, 0.05) is 39.0 Å². The van der Waals surface area contributed by atoms with Crippen LogP contribution in [0.4, 0.5) is 0 Å². The van der Waals surface area contributed by atoms with Gasteiger partial charge in [-0.2, -0.15) is 0 Å². The largest absolute Gasteiger partial charge is 0.393 e. The number of benzene rings is 2. The summed E-state index contributed by atoms with van der Waals surface area (Å²) >= 11 is 0. The van der Waals surface area contributed by atoms with Gasteiger partial charge in [-0.05, 0) is 36.1 Å². The van der Waals surface area contributed by atoms with Crippen LogP contribution in [0.15, 0.2) is 53.3 Å².